The summed E-state index contributed by atoms with van der Waals surface area (Å²) in [6.45, 7) is 9.98. The number of aryl methyl sites for hydroxylation is 2. The molecule has 4 rings (SSSR count). The first kappa shape index (κ1) is 46.4. The van der Waals surface area contributed by atoms with Crippen molar-refractivity contribution in [2.75, 3.05) is 55.0 Å². The summed E-state index contributed by atoms with van der Waals surface area (Å²) in [6, 6.07) is 5.53. The van der Waals surface area contributed by atoms with Crippen molar-refractivity contribution in [3.8, 4) is 11.8 Å². The van der Waals surface area contributed by atoms with Crippen molar-refractivity contribution in [3.63, 3.8) is 0 Å². The van der Waals surface area contributed by atoms with Crippen LogP contribution in [0.25, 0.3) is 21.8 Å². The summed E-state index contributed by atoms with van der Waals surface area (Å²) in [4.78, 5) is 40.2. The van der Waals surface area contributed by atoms with Crippen molar-refractivity contribution in [3.05, 3.63) is 47.5 Å². The van der Waals surface area contributed by atoms with Crippen molar-refractivity contribution >= 4 is 64.8 Å². The van der Waals surface area contributed by atoms with Gasteiger partial charge in [-0.05, 0) is 64.8 Å². The summed E-state index contributed by atoms with van der Waals surface area (Å²) < 4.78 is 90.5. The van der Waals surface area contributed by atoms with Crippen LogP contribution in [0, 0.1) is 11.6 Å². The van der Waals surface area contributed by atoms with E-state index in [1.807, 2.05) is 13.8 Å². The number of hydrogen-bond donors (Lipinski definition) is 3. The largest absolute Gasteiger partial charge is 0.480 e. The second-order valence-corrected chi connectivity index (χ2v) is 18.8. The summed E-state index contributed by atoms with van der Waals surface area (Å²) >= 11 is 0. The number of ether oxygens (including phenoxy) is 3. The van der Waals surface area contributed by atoms with Crippen molar-refractivity contribution in [2.24, 2.45) is 0 Å². The molecule has 0 aliphatic carbocycles. The summed E-state index contributed by atoms with van der Waals surface area (Å²) in [5.74, 6) is -1.81. The van der Waals surface area contributed by atoms with Gasteiger partial charge in [-0.2, -0.15) is 9.97 Å². The number of aliphatic carboxylic acids is 1. The molecule has 0 aliphatic heterocycles. The van der Waals surface area contributed by atoms with Gasteiger partial charge in [-0.25, -0.2) is 45.2 Å². The average molecular weight is 841 g/mol. The Hall–Kier alpha value is -4.98. The standard InChI is InChI=1S/C19H26FN3O5S.C18H24FN3O5S/c1-6-15-21-16-13(17(22-15)28-8-7-9-29(5,25)26)10-12(11-14(16)20)23-19(2,3)18(24)27-4;1-5-14-20-15-12(16(21-14)27-7-6-8-28(4,25)26)9-11(10-13(15)19)22-18(2,3)17(23)24/h10-11,23H,6-9H2,1-5H3;9-10,22H,5-8H2,1-4H3,(H,23,24). The molecular formula is C37H50F2N6O10S2. The minimum atomic E-state index is -3.11. The molecule has 0 saturated carbocycles. The molecule has 2 aromatic carbocycles. The number of rotatable bonds is 18. The molecule has 20 heteroatoms. The van der Waals surface area contributed by atoms with Crippen LogP contribution in [0.15, 0.2) is 24.3 Å². The van der Waals surface area contributed by atoms with E-state index in [0.717, 1.165) is 12.5 Å². The van der Waals surface area contributed by atoms with E-state index >= 15 is 0 Å². The van der Waals surface area contributed by atoms with E-state index in [9.17, 15) is 40.3 Å². The zero-order valence-electron chi connectivity index (χ0n) is 33.4. The second kappa shape index (κ2) is 19.0. The maximum atomic E-state index is 14.8. The van der Waals surface area contributed by atoms with Crippen LogP contribution >= 0.6 is 0 Å². The number of esters is 1. The number of carbonyl (C=O) groups excluding carboxylic acids is 1. The lowest BCUT2D eigenvalue weighted by Crippen LogP contribution is -2.41. The third-order valence-electron chi connectivity index (χ3n) is 8.10. The van der Waals surface area contributed by atoms with Crippen molar-refractivity contribution < 1.29 is 54.5 Å². The molecule has 3 N–H and O–H groups in total. The normalized spacial score (nSPS) is 12.1. The number of nitrogens with one attached hydrogen (secondary N) is 2. The summed E-state index contributed by atoms with van der Waals surface area (Å²) in [5.41, 5.74) is -1.68. The first-order valence-corrected chi connectivity index (χ1v) is 22.0. The Morgan fingerprint density at radius 1 is 0.702 bits per heavy atom. The number of aromatic nitrogens is 4. The lowest BCUT2D eigenvalue weighted by molar-refractivity contribution is -0.144. The summed E-state index contributed by atoms with van der Waals surface area (Å²) in [6.07, 6.45) is 3.77. The number of hydrogen-bond acceptors (Lipinski definition) is 15. The lowest BCUT2D eigenvalue weighted by atomic mass is 10.0. The average Bonchev–Trinajstić information content (AvgIpc) is 3.10. The molecule has 0 unspecified atom stereocenters. The van der Waals surface area contributed by atoms with Crippen molar-refractivity contribution in [1.29, 1.82) is 0 Å². The van der Waals surface area contributed by atoms with E-state index in [1.165, 1.54) is 39.2 Å². The Balaban J connectivity index is 0.000000306. The summed E-state index contributed by atoms with van der Waals surface area (Å²) in [7, 11) is -4.95. The molecule has 0 aliphatic rings. The molecular weight excluding hydrogens is 791 g/mol. The van der Waals surface area contributed by atoms with Gasteiger partial charge in [0.25, 0.3) is 0 Å². The first-order chi connectivity index (χ1) is 26.4. The molecule has 57 heavy (non-hydrogen) atoms. The second-order valence-electron chi connectivity index (χ2n) is 14.3. The predicted octanol–water partition coefficient (Wildman–Crippen LogP) is 4.93. The van der Waals surface area contributed by atoms with Crippen molar-refractivity contribution in [2.45, 2.75) is 78.3 Å². The molecule has 16 nitrogen and oxygen atoms in total. The third-order valence-corrected chi connectivity index (χ3v) is 10.2. The molecule has 0 bridgehead atoms. The van der Waals surface area contributed by atoms with Gasteiger partial charge >= 0.3 is 11.9 Å². The van der Waals surface area contributed by atoms with Crippen LogP contribution in [0.2, 0.25) is 0 Å². The van der Waals surface area contributed by atoms with Gasteiger partial charge in [0.05, 0.1) is 42.6 Å². The highest BCUT2D eigenvalue weighted by molar-refractivity contribution is 7.90. The molecule has 4 aromatic rings. The van der Waals surface area contributed by atoms with Gasteiger partial charge in [0.15, 0.2) is 11.6 Å². The molecule has 0 atom stereocenters. The highest BCUT2D eigenvalue weighted by Crippen LogP contribution is 2.31. The van der Waals surface area contributed by atoms with E-state index in [-0.39, 0.29) is 71.4 Å². The van der Waals surface area contributed by atoms with E-state index in [0.29, 0.717) is 35.6 Å². The zero-order valence-corrected chi connectivity index (χ0v) is 35.1. The van der Waals surface area contributed by atoms with Gasteiger partial charge in [0.2, 0.25) is 11.8 Å². The summed E-state index contributed by atoms with van der Waals surface area (Å²) in [5, 5.41) is 15.6. The van der Waals surface area contributed by atoms with E-state index in [1.54, 1.807) is 19.9 Å². The van der Waals surface area contributed by atoms with E-state index < -0.39 is 54.3 Å². The Labute approximate surface area is 331 Å². The molecule has 314 valence electrons. The number of benzene rings is 2. The number of halogens is 2. The maximum absolute atomic E-state index is 14.8. The Morgan fingerprint density at radius 2 is 1.09 bits per heavy atom. The molecule has 0 amide bonds. The number of carboxylic acids is 1. The quantitative estimate of drug-likeness (QED) is 0.0892. The number of methoxy groups -OCH3 is 1. The predicted molar refractivity (Wildman–Crippen MR) is 212 cm³/mol. The topological polar surface area (TPSA) is 226 Å². The van der Waals surface area contributed by atoms with Gasteiger partial charge in [-0.15, -0.1) is 0 Å². The van der Waals surface area contributed by atoms with Crippen LogP contribution in [-0.4, -0.2) is 109 Å². The van der Waals surface area contributed by atoms with Crippen LogP contribution in [-0.2, 0) is 46.8 Å². The monoisotopic (exact) mass is 840 g/mol. The molecule has 0 radical (unpaired) electrons. The first-order valence-electron chi connectivity index (χ1n) is 17.9. The number of fused-ring (bicyclic) bond motifs is 2. The number of carbonyl (C=O) groups is 2. The highest BCUT2D eigenvalue weighted by atomic mass is 32.2. The molecule has 2 heterocycles. The Kier molecular flexibility index (Phi) is 15.4. The smallest absolute Gasteiger partial charge is 0.330 e. The van der Waals surface area contributed by atoms with Gasteiger partial charge in [-0.3, -0.25) is 0 Å². The van der Waals surface area contributed by atoms with Crippen LogP contribution in [0.4, 0.5) is 20.2 Å². The Bertz CT molecular complexity index is 2330. The Morgan fingerprint density at radius 3 is 1.42 bits per heavy atom. The van der Waals surface area contributed by atoms with Gasteiger partial charge in [0.1, 0.15) is 53.4 Å². The highest BCUT2D eigenvalue weighted by Gasteiger charge is 2.30. The maximum Gasteiger partial charge on any atom is 0.330 e. The number of anilines is 2. The third kappa shape index (κ3) is 13.6. The van der Waals surface area contributed by atoms with Gasteiger partial charge in [0, 0.05) is 36.7 Å². The molecule has 2 aromatic heterocycles. The molecule has 0 spiro atoms. The fourth-order valence-corrected chi connectivity index (χ4v) is 6.44. The lowest BCUT2D eigenvalue weighted by Gasteiger charge is -2.24. The van der Waals surface area contributed by atoms with Crippen molar-refractivity contribution in [1.82, 2.24) is 19.9 Å². The minimum Gasteiger partial charge on any atom is -0.480 e. The van der Waals surface area contributed by atoms with E-state index in [2.05, 4.69) is 30.6 Å². The molecule has 0 fully saturated rings. The molecule has 0 saturated heterocycles. The van der Waals surface area contributed by atoms with Crippen LogP contribution in [0.5, 0.6) is 11.8 Å². The zero-order chi connectivity index (χ0) is 42.9. The van der Waals surface area contributed by atoms with Crippen LogP contribution < -0.4 is 20.1 Å². The van der Waals surface area contributed by atoms with Crippen LogP contribution in [0.1, 0.15) is 66.0 Å². The van der Waals surface area contributed by atoms with Gasteiger partial charge < -0.3 is 30.0 Å². The number of carboxylic acid groups (broad SMARTS) is 1. The SMILES string of the molecule is CCc1nc(OCCCS(C)(=O)=O)c2cc(NC(C)(C)C(=O)O)cc(F)c2n1.CCc1nc(OCCCS(C)(=O)=O)c2cc(NC(C)(C)C(=O)OC)cc(F)c2n1. The minimum absolute atomic E-state index is 0.0227. The fraction of sp³-hybridized carbons (Fsp3) is 0.514. The van der Waals surface area contributed by atoms with Crippen LogP contribution in [0.3, 0.4) is 0 Å². The fourth-order valence-electron chi connectivity index (χ4n) is 5.16. The number of nitrogens with zero attached hydrogens (tertiary/aromatic N) is 4. The van der Waals surface area contributed by atoms with E-state index in [4.69, 9.17) is 14.2 Å². The van der Waals surface area contributed by atoms with Gasteiger partial charge in [-0.1, -0.05) is 13.8 Å². The number of sulfone groups is 2.